The topological polar surface area (TPSA) is 103 Å². The molecule has 1 aromatic rings. The lowest BCUT2D eigenvalue weighted by Crippen LogP contribution is -2.19. The molecule has 0 bridgehead atoms. The summed E-state index contributed by atoms with van der Waals surface area (Å²) in [5.74, 6) is -14.1. The van der Waals surface area contributed by atoms with E-state index in [2.05, 4.69) is 9.64 Å². The number of ether oxygens (including phenoxy) is 9. The predicted octanol–water partition coefficient (Wildman–Crippen LogP) is 2.37. The number of hydrogen-bond donors (Lipinski definition) is 0. The lowest BCUT2D eigenvalue weighted by atomic mass is 10.2. The van der Waals surface area contributed by atoms with E-state index < -0.39 is 47.2 Å². The first-order chi connectivity index (χ1) is 20.8. The fraction of sp³-hybridized carbons (Fsp3) is 0.741. The zero-order valence-corrected chi connectivity index (χ0v) is 24.6. The Hall–Kier alpha value is -2.02. The Morgan fingerprint density at radius 2 is 0.744 bits per heavy atom. The molecule has 11 nitrogen and oxygen atoms in total. The molecule has 0 spiro atoms. The summed E-state index contributed by atoms with van der Waals surface area (Å²) in [7, 11) is 3.98. The highest BCUT2D eigenvalue weighted by Gasteiger charge is 2.28. The number of rotatable bonds is 28. The molecule has 250 valence electrons. The van der Waals surface area contributed by atoms with Crippen LogP contribution in [-0.2, 0) is 42.7 Å². The number of carbonyl (C=O) groups is 1. The maximum atomic E-state index is 13.5. The van der Waals surface area contributed by atoms with Crippen molar-refractivity contribution in [2.45, 2.75) is 6.42 Å². The first-order valence-corrected chi connectivity index (χ1v) is 13.7. The Morgan fingerprint density at radius 1 is 0.465 bits per heavy atom. The summed E-state index contributed by atoms with van der Waals surface area (Å²) in [5.41, 5.74) is 0. The van der Waals surface area contributed by atoms with Crippen LogP contribution in [0.4, 0.5) is 22.0 Å². The van der Waals surface area contributed by atoms with Gasteiger partial charge in [0.05, 0.1) is 112 Å². The van der Waals surface area contributed by atoms with Crippen molar-refractivity contribution in [1.82, 2.24) is 4.90 Å². The van der Waals surface area contributed by atoms with Gasteiger partial charge < -0.3 is 47.5 Å². The average Bonchev–Trinajstić information content (AvgIpc) is 2.98. The van der Waals surface area contributed by atoms with Gasteiger partial charge in [-0.25, -0.2) is 13.2 Å². The van der Waals surface area contributed by atoms with Crippen LogP contribution < -0.4 is 4.74 Å². The molecule has 0 aliphatic rings. The summed E-state index contributed by atoms with van der Waals surface area (Å²) in [6.07, 6.45) is -0.481. The summed E-state index contributed by atoms with van der Waals surface area (Å²) in [6, 6.07) is 0. The lowest BCUT2D eigenvalue weighted by molar-refractivity contribution is -0.136. The van der Waals surface area contributed by atoms with E-state index in [-0.39, 0.29) is 26.4 Å². The third-order valence-electron chi connectivity index (χ3n) is 5.12. The number of likely N-dealkylation sites (N-methyl/N-ethyl adjacent to an activating group) is 1. The van der Waals surface area contributed by atoms with E-state index >= 15 is 0 Å². The van der Waals surface area contributed by atoms with Crippen LogP contribution in [0.3, 0.4) is 0 Å². The van der Waals surface area contributed by atoms with Gasteiger partial charge in [-0.3, -0.25) is 4.79 Å². The monoisotopic (exact) mass is 635 g/mol. The summed E-state index contributed by atoms with van der Waals surface area (Å²) in [5, 5.41) is 0. The van der Waals surface area contributed by atoms with E-state index in [4.69, 9.17) is 37.9 Å². The molecule has 0 saturated heterocycles. The molecule has 0 N–H and O–H groups in total. The second-order valence-electron chi connectivity index (χ2n) is 8.83. The Labute approximate surface area is 248 Å². The summed E-state index contributed by atoms with van der Waals surface area (Å²) in [4.78, 5) is 13.7. The van der Waals surface area contributed by atoms with Crippen LogP contribution in [0.15, 0.2) is 0 Å². The van der Waals surface area contributed by atoms with Crippen LogP contribution in [0.1, 0.15) is 6.42 Å². The normalized spacial score (nSPS) is 11.5. The number of benzene rings is 1. The first-order valence-electron chi connectivity index (χ1n) is 13.7. The Bertz CT molecular complexity index is 856. The van der Waals surface area contributed by atoms with Crippen LogP contribution in [0.5, 0.6) is 5.75 Å². The molecular formula is C27H42F5NO10. The number of esters is 1. The highest BCUT2D eigenvalue weighted by molar-refractivity contribution is 5.72. The van der Waals surface area contributed by atoms with E-state index in [1.807, 2.05) is 14.1 Å². The van der Waals surface area contributed by atoms with Crippen molar-refractivity contribution in [3.05, 3.63) is 29.1 Å². The maximum Gasteiger partial charge on any atom is 0.313 e. The number of carbonyl (C=O) groups excluding carboxylic acids is 1. The first kappa shape index (κ1) is 39.0. The minimum absolute atomic E-state index is 0.0880. The Morgan fingerprint density at radius 3 is 1.07 bits per heavy atom. The molecule has 0 atom stereocenters. The molecule has 1 aromatic carbocycles. The molecule has 0 radical (unpaired) electrons. The van der Waals surface area contributed by atoms with Crippen LogP contribution in [-0.4, -0.2) is 137 Å². The Kier molecular flexibility index (Phi) is 23.0. The molecule has 0 aliphatic carbocycles. The van der Waals surface area contributed by atoms with Crippen molar-refractivity contribution in [2.75, 3.05) is 126 Å². The van der Waals surface area contributed by atoms with E-state index in [1.165, 1.54) is 0 Å². The number of halogens is 5. The van der Waals surface area contributed by atoms with Crippen LogP contribution >= 0.6 is 0 Å². The molecule has 16 heteroatoms. The van der Waals surface area contributed by atoms with E-state index in [0.29, 0.717) is 79.3 Å². The average molecular weight is 636 g/mol. The van der Waals surface area contributed by atoms with Crippen LogP contribution in [0.25, 0.3) is 0 Å². The molecule has 0 heterocycles. The van der Waals surface area contributed by atoms with Gasteiger partial charge in [0.25, 0.3) is 0 Å². The van der Waals surface area contributed by atoms with Crippen molar-refractivity contribution in [2.24, 2.45) is 0 Å². The van der Waals surface area contributed by atoms with Gasteiger partial charge in [0.15, 0.2) is 0 Å². The molecule has 1 rings (SSSR count). The third kappa shape index (κ3) is 19.1. The highest BCUT2D eigenvalue weighted by atomic mass is 19.2. The van der Waals surface area contributed by atoms with Gasteiger partial charge >= 0.3 is 5.97 Å². The second-order valence-corrected chi connectivity index (χ2v) is 8.83. The third-order valence-corrected chi connectivity index (χ3v) is 5.12. The molecule has 0 unspecified atom stereocenters. The van der Waals surface area contributed by atoms with E-state index in [1.54, 1.807) is 0 Å². The molecular weight excluding hydrogens is 593 g/mol. The summed E-state index contributed by atoms with van der Waals surface area (Å²) < 4.78 is 113. The van der Waals surface area contributed by atoms with Gasteiger partial charge in [0, 0.05) is 6.54 Å². The van der Waals surface area contributed by atoms with Gasteiger partial charge in [-0.2, -0.15) is 8.78 Å². The quantitative estimate of drug-likeness (QED) is 0.0339. The predicted molar refractivity (Wildman–Crippen MR) is 142 cm³/mol. The lowest BCUT2D eigenvalue weighted by Gasteiger charge is -2.10. The van der Waals surface area contributed by atoms with Crippen LogP contribution in [0.2, 0.25) is 0 Å². The zero-order valence-electron chi connectivity index (χ0n) is 24.6. The summed E-state index contributed by atoms with van der Waals surface area (Å²) in [6.45, 7) is 6.83. The minimum Gasteiger partial charge on any atom is -0.420 e. The van der Waals surface area contributed by atoms with E-state index in [9.17, 15) is 26.7 Å². The van der Waals surface area contributed by atoms with Gasteiger partial charge in [0.1, 0.15) is 0 Å². The Balaban J connectivity index is 1.81. The van der Waals surface area contributed by atoms with Crippen molar-refractivity contribution in [3.8, 4) is 5.75 Å². The molecule has 0 aromatic heterocycles. The number of nitrogens with zero attached hydrogens (tertiary/aromatic N) is 1. The van der Waals surface area contributed by atoms with Gasteiger partial charge in [-0.1, -0.05) is 0 Å². The van der Waals surface area contributed by atoms with Crippen molar-refractivity contribution in [3.63, 3.8) is 0 Å². The largest absolute Gasteiger partial charge is 0.420 e. The second kappa shape index (κ2) is 25.3. The van der Waals surface area contributed by atoms with Crippen molar-refractivity contribution >= 4 is 5.97 Å². The smallest absolute Gasteiger partial charge is 0.313 e. The fourth-order valence-electron chi connectivity index (χ4n) is 2.88. The van der Waals surface area contributed by atoms with Gasteiger partial charge in [-0.15, -0.1) is 0 Å². The molecule has 0 saturated carbocycles. The van der Waals surface area contributed by atoms with E-state index in [0.717, 1.165) is 6.54 Å². The van der Waals surface area contributed by atoms with Crippen molar-refractivity contribution in [1.29, 1.82) is 0 Å². The van der Waals surface area contributed by atoms with Gasteiger partial charge in [-0.05, 0) is 14.1 Å². The van der Waals surface area contributed by atoms with Gasteiger partial charge in [0.2, 0.25) is 34.8 Å². The molecule has 0 amide bonds. The maximum absolute atomic E-state index is 13.5. The molecule has 43 heavy (non-hydrogen) atoms. The fourth-order valence-corrected chi connectivity index (χ4v) is 2.88. The standard InChI is InChI=1S/C27H42F5NO10/c1-33(2)4-6-36-8-10-38-12-14-40-16-18-42-20-19-41-17-15-39-13-11-37-9-7-35-5-3-21(34)43-27-25(31)23(29)22(28)24(30)26(27)32/h3-20H2,1-2H3. The molecule has 0 aliphatic heterocycles. The summed E-state index contributed by atoms with van der Waals surface area (Å²) >= 11 is 0. The SMILES string of the molecule is CN(C)CCOCCOCCOCCOCCOCCOCCOCCOCCC(=O)Oc1c(F)c(F)c(F)c(F)c1F. The highest BCUT2D eigenvalue weighted by Crippen LogP contribution is 2.29. The molecule has 0 fully saturated rings. The zero-order chi connectivity index (χ0) is 31.7. The van der Waals surface area contributed by atoms with Crippen LogP contribution in [0, 0.1) is 29.1 Å². The number of hydrogen-bond acceptors (Lipinski definition) is 11. The van der Waals surface area contributed by atoms with Crippen molar-refractivity contribution < 1.29 is 69.4 Å². The minimum atomic E-state index is -2.34.